The molecule has 2 fully saturated rings. The third-order valence-electron chi connectivity index (χ3n) is 6.40. The first-order chi connectivity index (χ1) is 14.4. The van der Waals surface area contributed by atoms with E-state index in [9.17, 15) is 9.59 Å². The van der Waals surface area contributed by atoms with E-state index in [1.165, 1.54) is 5.57 Å². The summed E-state index contributed by atoms with van der Waals surface area (Å²) < 4.78 is 11.2. The average molecular weight is 414 g/mol. The Kier molecular flexibility index (Phi) is 5.99. The zero-order chi connectivity index (χ0) is 21.3. The molecule has 3 heterocycles. The van der Waals surface area contributed by atoms with Gasteiger partial charge in [0.25, 0.3) is 0 Å². The summed E-state index contributed by atoms with van der Waals surface area (Å²) in [4.78, 5) is 30.2. The van der Waals surface area contributed by atoms with Crippen LogP contribution >= 0.6 is 0 Å². The number of fused-ring (bicyclic) bond motifs is 2. The largest absolute Gasteiger partial charge is 0.497 e. The van der Waals surface area contributed by atoms with Gasteiger partial charge in [0.2, 0.25) is 11.8 Å². The van der Waals surface area contributed by atoms with E-state index in [-0.39, 0.29) is 11.8 Å². The minimum absolute atomic E-state index is 0.0115. The van der Waals surface area contributed by atoms with Crippen molar-refractivity contribution in [1.29, 1.82) is 0 Å². The first-order valence-corrected chi connectivity index (χ1v) is 10.7. The Morgan fingerprint density at radius 3 is 2.80 bits per heavy atom. The van der Waals surface area contributed by atoms with Gasteiger partial charge < -0.3 is 19.3 Å². The lowest BCUT2D eigenvalue weighted by Gasteiger charge is -2.53. The molecule has 2 atom stereocenters. The van der Waals surface area contributed by atoms with Gasteiger partial charge in [0.15, 0.2) is 0 Å². The molecule has 1 aromatic carbocycles. The topological polar surface area (TPSA) is 62.3 Å². The normalized spacial score (nSPS) is 22.8. The number of benzene rings is 1. The van der Waals surface area contributed by atoms with E-state index in [0.29, 0.717) is 31.4 Å². The Labute approximate surface area is 178 Å². The first-order valence-electron chi connectivity index (χ1n) is 10.7. The highest BCUT2D eigenvalue weighted by Crippen LogP contribution is 2.34. The number of amides is 2. The van der Waals surface area contributed by atoms with E-state index >= 15 is 0 Å². The number of ether oxygens (including phenoxy) is 2. The lowest BCUT2D eigenvalue weighted by Crippen LogP contribution is -2.65. The lowest BCUT2D eigenvalue weighted by molar-refractivity contribution is -0.149. The molecule has 0 aliphatic carbocycles. The highest BCUT2D eigenvalue weighted by molar-refractivity contribution is 5.84. The van der Waals surface area contributed by atoms with Crippen LogP contribution in [0.4, 0.5) is 0 Å². The first kappa shape index (κ1) is 20.7. The van der Waals surface area contributed by atoms with Crippen molar-refractivity contribution in [3.63, 3.8) is 0 Å². The van der Waals surface area contributed by atoms with Crippen LogP contribution in [-0.2, 0) is 9.59 Å². The van der Waals surface area contributed by atoms with Crippen LogP contribution in [0.1, 0.15) is 24.8 Å². The number of rotatable bonds is 6. The van der Waals surface area contributed by atoms with Crippen LogP contribution in [0.5, 0.6) is 11.5 Å². The maximum absolute atomic E-state index is 12.5. The van der Waals surface area contributed by atoms with Crippen LogP contribution in [0.2, 0.25) is 0 Å². The second-order valence-corrected chi connectivity index (χ2v) is 8.68. The molecular formula is C23H31N3O4. The maximum atomic E-state index is 12.5. The summed E-state index contributed by atoms with van der Waals surface area (Å²) >= 11 is 0. The van der Waals surface area contributed by atoms with Gasteiger partial charge in [-0.3, -0.25) is 14.5 Å². The summed E-state index contributed by atoms with van der Waals surface area (Å²) in [7, 11) is 5.13. The molecule has 3 aliphatic rings. The van der Waals surface area contributed by atoms with Gasteiger partial charge in [-0.15, -0.1) is 0 Å². The Hall–Kier alpha value is -2.54. The van der Waals surface area contributed by atoms with Crippen molar-refractivity contribution in [3.05, 3.63) is 29.3 Å². The van der Waals surface area contributed by atoms with Crippen LogP contribution in [0.25, 0.3) is 6.08 Å². The van der Waals surface area contributed by atoms with Crippen LogP contribution in [0.15, 0.2) is 23.8 Å². The van der Waals surface area contributed by atoms with Crippen LogP contribution in [-0.4, -0.2) is 86.5 Å². The minimum Gasteiger partial charge on any atom is -0.497 e. The number of methoxy groups -OCH3 is 1. The highest BCUT2D eigenvalue weighted by Gasteiger charge is 2.44. The van der Waals surface area contributed by atoms with Crippen LogP contribution in [0.3, 0.4) is 0 Å². The molecule has 162 valence electrons. The Bertz CT molecular complexity index is 851. The fraction of sp³-hybridized carbons (Fsp3) is 0.565. The number of carbonyl (C=O) groups is 2. The maximum Gasteiger partial charge on any atom is 0.223 e. The molecule has 0 radical (unpaired) electrons. The summed E-state index contributed by atoms with van der Waals surface area (Å²) in [6.07, 6.45) is 3.83. The molecule has 3 aliphatic heterocycles. The van der Waals surface area contributed by atoms with E-state index < -0.39 is 0 Å². The van der Waals surface area contributed by atoms with Crippen molar-refractivity contribution in [1.82, 2.24) is 14.7 Å². The lowest BCUT2D eigenvalue weighted by atomic mass is 9.82. The molecule has 4 rings (SSSR count). The van der Waals surface area contributed by atoms with E-state index in [1.54, 1.807) is 26.1 Å². The molecule has 0 bridgehead atoms. The highest BCUT2D eigenvalue weighted by atomic mass is 16.5. The standard InChI is InChI=1S/C23H31N3O4/c1-24(2)22(27)6-7-23(28)26-14-18-13-25(9-8-20(18)26)12-16-10-17-11-19(29-3)4-5-21(17)30-15-16/h4-5,10-11,18,20H,6-9,12-15H2,1-3H3/t18-,20-/m0/s1. The number of nitrogens with zero attached hydrogens (tertiary/aromatic N) is 3. The van der Waals surface area contributed by atoms with E-state index in [1.807, 2.05) is 23.1 Å². The van der Waals surface area contributed by atoms with Crippen LogP contribution < -0.4 is 9.47 Å². The molecule has 0 saturated carbocycles. The molecular weight excluding hydrogens is 382 g/mol. The van der Waals surface area contributed by atoms with Gasteiger partial charge in [0, 0.05) is 70.6 Å². The number of hydrogen-bond donors (Lipinski definition) is 0. The zero-order valence-corrected chi connectivity index (χ0v) is 18.1. The van der Waals surface area contributed by atoms with Gasteiger partial charge in [0.1, 0.15) is 18.1 Å². The predicted octanol–water partition coefficient (Wildman–Crippen LogP) is 1.87. The summed E-state index contributed by atoms with van der Waals surface area (Å²) in [5, 5.41) is 0. The average Bonchev–Trinajstić information content (AvgIpc) is 2.72. The number of carbonyl (C=O) groups excluding carboxylic acids is 2. The van der Waals surface area contributed by atoms with Crippen molar-refractivity contribution < 1.29 is 19.1 Å². The van der Waals surface area contributed by atoms with Gasteiger partial charge >= 0.3 is 0 Å². The summed E-state index contributed by atoms with van der Waals surface area (Å²) in [6, 6.07) is 6.23. The molecule has 1 aromatic rings. The van der Waals surface area contributed by atoms with Crippen molar-refractivity contribution in [2.45, 2.75) is 25.3 Å². The number of hydrogen-bond acceptors (Lipinski definition) is 5. The number of likely N-dealkylation sites (tertiary alicyclic amines) is 2. The molecule has 0 unspecified atom stereocenters. The summed E-state index contributed by atoms with van der Waals surface area (Å²) in [5.74, 6) is 2.40. The summed E-state index contributed by atoms with van der Waals surface area (Å²) in [6.45, 7) is 4.31. The fourth-order valence-corrected chi connectivity index (χ4v) is 4.65. The molecule has 2 amide bonds. The van der Waals surface area contributed by atoms with Gasteiger partial charge in [0.05, 0.1) is 7.11 Å². The van der Waals surface area contributed by atoms with Gasteiger partial charge in [-0.25, -0.2) is 0 Å². The second kappa shape index (κ2) is 8.68. The molecule has 0 spiro atoms. The van der Waals surface area contributed by atoms with Crippen molar-refractivity contribution in [3.8, 4) is 11.5 Å². The van der Waals surface area contributed by atoms with E-state index in [0.717, 1.165) is 49.7 Å². The van der Waals surface area contributed by atoms with Gasteiger partial charge in [-0.2, -0.15) is 0 Å². The second-order valence-electron chi connectivity index (χ2n) is 8.68. The Balaban J connectivity index is 1.28. The molecule has 7 nitrogen and oxygen atoms in total. The van der Waals surface area contributed by atoms with Crippen molar-refractivity contribution in [2.75, 3.05) is 54.0 Å². The van der Waals surface area contributed by atoms with Crippen LogP contribution in [0, 0.1) is 5.92 Å². The fourth-order valence-electron chi connectivity index (χ4n) is 4.65. The SMILES string of the molecule is COc1ccc2c(c1)C=C(CN1CC[C@H]3[C@@H](C1)CN3C(=O)CCC(=O)N(C)C)CO2. The van der Waals surface area contributed by atoms with Gasteiger partial charge in [-0.1, -0.05) is 0 Å². The molecule has 0 N–H and O–H groups in total. The van der Waals surface area contributed by atoms with Crippen molar-refractivity contribution in [2.24, 2.45) is 5.92 Å². The molecule has 30 heavy (non-hydrogen) atoms. The predicted molar refractivity (Wildman–Crippen MR) is 114 cm³/mol. The minimum atomic E-state index is 0.0115. The third kappa shape index (κ3) is 4.31. The van der Waals surface area contributed by atoms with Crippen molar-refractivity contribution >= 4 is 17.9 Å². The van der Waals surface area contributed by atoms with Gasteiger partial charge in [-0.05, 0) is 36.3 Å². The molecule has 0 aromatic heterocycles. The molecule has 2 saturated heterocycles. The number of piperidine rings is 1. The summed E-state index contributed by atoms with van der Waals surface area (Å²) in [5.41, 5.74) is 2.34. The zero-order valence-electron chi connectivity index (χ0n) is 18.1. The molecule has 7 heteroatoms. The smallest absolute Gasteiger partial charge is 0.223 e. The Morgan fingerprint density at radius 1 is 1.23 bits per heavy atom. The van der Waals surface area contributed by atoms with E-state index in [4.69, 9.17) is 9.47 Å². The Morgan fingerprint density at radius 2 is 2.07 bits per heavy atom. The monoisotopic (exact) mass is 413 g/mol. The van der Waals surface area contributed by atoms with E-state index in [2.05, 4.69) is 11.0 Å². The third-order valence-corrected chi connectivity index (χ3v) is 6.40. The quantitative estimate of drug-likeness (QED) is 0.713.